The summed E-state index contributed by atoms with van der Waals surface area (Å²) in [6, 6.07) is 4.27. The Labute approximate surface area is 137 Å². The third-order valence-electron chi connectivity index (χ3n) is 3.51. The maximum absolute atomic E-state index is 13.9. The molecule has 4 heteroatoms. The molecular formula is C19H26F2O2. The number of unbranched alkanes of at least 4 members (excludes halogenated alkanes) is 2. The van der Waals surface area contributed by atoms with Crippen molar-refractivity contribution in [2.24, 2.45) is 0 Å². The molecule has 1 rings (SSSR count). The standard InChI is InChI=1S/C19H26F2O2/c1-3-9-15(16-11-8-12-17(20)19(16)21)10-6-5-7-13-18(22)23-14-4-2/h8,10-12H,3-7,9,13-14H2,1-2H3. The Morgan fingerprint density at radius 2 is 1.91 bits per heavy atom. The molecule has 0 spiro atoms. The van der Waals surface area contributed by atoms with E-state index >= 15 is 0 Å². The van der Waals surface area contributed by atoms with Gasteiger partial charge in [-0.2, -0.15) is 0 Å². The lowest BCUT2D eigenvalue weighted by molar-refractivity contribution is -0.143. The van der Waals surface area contributed by atoms with E-state index in [2.05, 4.69) is 0 Å². The normalized spacial score (nSPS) is 11.6. The van der Waals surface area contributed by atoms with E-state index in [4.69, 9.17) is 4.74 Å². The summed E-state index contributed by atoms with van der Waals surface area (Å²) in [6.45, 7) is 4.44. The molecule has 0 bridgehead atoms. The molecule has 0 fully saturated rings. The Kier molecular flexibility index (Phi) is 9.18. The summed E-state index contributed by atoms with van der Waals surface area (Å²) in [5.74, 6) is -1.76. The van der Waals surface area contributed by atoms with Gasteiger partial charge in [-0.3, -0.25) is 4.79 Å². The zero-order valence-corrected chi connectivity index (χ0v) is 14.0. The Balaban J connectivity index is 2.53. The van der Waals surface area contributed by atoms with E-state index in [0.717, 1.165) is 43.7 Å². The lowest BCUT2D eigenvalue weighted by Crippen LogP contribution is -2.04. The van der Waals surface area contributed by atoms with Gasteiger partial charge in [0.1, 0.15) is 0 Å². The van der Waals surface area contributed by atoms with Gasteiger partial charge in [-0.05, 0) is 43.7 Å². The van der Waals surface area contributed by atoms with E-state index in [-0.39, 0.29) is 5.97 Å². The average molecular weight is 324 g/mol. The molecule has 23 heavy (non-hydrogen) atoms. The molecule has 1 aromatic carbocycles. The molecule has 0 radical (unpaired) electrons. The van der Waals surface area contributed by atoms with E-state index in [9.17, 15) is 13.6 Å². The smallest absolute Gasteiger partial charge is 0.305 e. The second-order valence-corrected chi connectivity index (χ2v) is 5.55. The van der Waals surface area contributed by atoms with Gasteiger partial charge in [0.25, 0.3) is 0 Å². The van der Waals surface area contributed by atoms with Crippen molar-refractivity contribution in [1.82, 2.24) is 0 Å². The van der Waals surface area contributed by atoms with Crippen LogP contribution < -0.4 is 0 Å². The number of rotatable bonds is 10. The number of benzene rings is 1. The number of hydrogen-bond acceptors (Lipinski definition) is 2. The molecule has 0 aliphatic heterocycles. The van der Waals surface area contributed by atoms with Crippen molar-refractivity contribution in [2.45, 2.75) is 58.8 Å². The summed E-state index contributed by atoms with van der Waals surface area (Å²) in [5.41, 5.74) is 1.17. The van der Waals surface area contributed by atoms with Gasteiger partial charge in [-0.15, -0.1) is 0 Å². The number of carbonyl (C=O) groups excluding carboxylic acids is 1. The molecule has 1 aromatic rings. The fourth-order valence-corrected chi connectivity index (χ4v) is 2.35. The van der Waals surface area contributed by atoms with Gasteiger partial charge in [-0.1, -0.05) is 38.5 Å². The molecule has 0 amide bonds. The lowest BCUT2D eigenvalue weighted by atomic mass is 9.98. The van der Waals surface area contributed by atoms with Crippen LogP contribution in [0, 0.1) is 11.6 Å². The quantitative estimate of drug-likeness (QED) is 0.410. The Hall–Kier alpha value is -1.71. The second-order valence-electron chi connectivity index (χ2n) is 5.55. The van der Waals surface area contributed by atoms with Gasteiger partial charge in [-0.25, -0.2) is 8.78 Å². The highest BCUT2D eigenvalue weighted by Gasteiger charge is 2.11. The molecular weight excluding hydrogens is 298 g/mol. The number of hydrogen-bond donors (Lipinski definition) is 0. The van der Waals surface area contributed by atoms with Crippen LogP contribution in [0.4, 0.5) is 8.78 Å². The first-order chi connectivity index (χ1) is 11.1. The zero-order chi connectivity index (χ0) is 17.1. The highest BCUT2D eigenvalue weighted by atomic mass is 19.2. The summed E-state index contributed by atoms with van der Waals surface area (Å²) in [7, 11) is 0. The number of allylic oxidation sites excluding steroid dienone is 2. The molecule has 0 heterocycles. The van der Waals surface area contributed by atoms with E-state index in [0.29, 0.717) is 25.0 Å². The highest BCUT2D eigenvalue weighted by Crippen LogP contribution is 2.25. The van der Waals surface area contributed by atoms with Gasteiger partial charge in [0, 0.05) is 12.0 Å². The molecule has 2 nitrogen and oxygen atoms in total. The van der Waals surface area contributed by atoms with Crippen molar-refractivity contribution in [3.8, 4) is 0 Å². The van der Waals surface area contributed by atoms with Crippen molar-refractivity contribution >= 4 is 11.5 Å². The molecule has 128 valence electrons. The largest absolute Gasteiger partial charge is 0.466 e. The van der Waals surface area contributed by atoms with Gasteiger partial charge in [0.2, 0.25) is 0 Å². The molecule has 0 aromatic heterocycles. The summed E-state index contributed by atoms with van der Waals surface area (Å²) in [6.07, 6.45) is 7.07. The minimum Gasteiger partial charge on any atom is -0.466 e. The maximum Gasteiger partial charge on any atom is 0.305 e. The van der Waals surface area contributed by atoms with E-state index < -0.39 is 11.6 Å². The van der Waals surface area contributed by atoms with Crippen LogP contribution in [0.25, 0.3) is 5.57 Å². The van der Waals surface area contributed by atoms with Gasteiger partial charge in [0.05, 0.1) is 6.61 Å². The first kappa shape index (κ1) is 19.3. The molecule has 0 saturated carbocycles. The van der Waals surface area contributed by atoms with Gasteiger partial charge >= 0.3 is 5.97 Å². The summed E-state index contributed by atoms with van der Waals surface area (Å²) in [4.78, 5) is 11.4. The van der Waals surface area contributed by atoms with Crippen molar-refractivity contribution in [3.63, 3.8) is 0 Å². The Morgan fingerprint density at radius 1 is 1.13 bits per heavy atom. The van der Waals surface area contributed by atoms with Crippen LogP contribution in [0.3, 0.4) is 0 Å². The van der Waals surface area contributed by atoms with E-state index in [1.165, 1.54) is 6.07 Å². The minimum absolute atomic E-state index is 0.166. The fourth-order valence-electron chi connectivity index (χ4n) is 2.35. The fraction of sp³-hybridized carbons (Fsp3) is 0.526. The third-order valence-corrected chi connectivity index (χ3v) is 3.51. The SMILES string of the molecule is CCCOC(=O)CCCCC=C(CCC)c1cccc(F)c1F. The first-order valence-electron chi connectivity index (χ1n) is 8.39. The van der Waals surface area contributed by atoms with Crippen LogP contribution in [-0.4, -0.2) is 12.6 Å². The highest BCUT2D eigenvalue weighted by molar-refractivity contribution is 5.69. The van der Waals surface area contributed by atoms with Gasteiger partial charge in [0.15, 0.2) is 11.6 Å². The predicted molar refractivity (Wildman–Crippen MR) is 89.0 cm³/mol. The maximum atomic E-state index is 13.9. The molecule has 0 aliphatic rings. The number of carbonyl (C=O) groups is 1. The molecule has 0 N–H and O–H groups in total. The Morgan fingerprint density at radius 3 is 2.61 bits per heavy atom. The van der Waals surface area contributed by atoms with Crippen LogP contribution in [-0.2, 0) is 9.53 Å². The molecule has 0 aliphatic carbocycles. The number of esters is 1. The summed E-state index contributed by atoms with van der Waals surface area (Å²) < 4.78 is 32.3. The van der Waals surface area contributed by atoms with Crippen LogP contribution in [0.5, 0.6) is 0 Å². The minimum atomic E-state index is -0.817. The van der Waals surface area contributed by atoms with Crippen molar-refractivity contribution in [1.29, 1.82) is 0 Å². The van der Waals surface area contributed by atoms with Crippen molar-refractivity contribution in [3.05, 3.63) is 41.5 Å². The van der Waals surface area contributed by atoms with Crippen LogP contribution in [0.1, 0.15) is 64.4 Å². The van der Waals surface area contributed by atoms with E-state index in [1.807, 2.05) is 19.9 Å². The molecule has 0 atom stereocenters. The first-order valence-corrected chi connectivity index (χ1v) is 8.39. The van der Waals surface area contributed by atoms with Crippen molar-refractivity contribution < 1.29 is 18.3 Å². The number of ether oxygens (including phenoxy) is 1. The van der Waals surface area contributed by atoms with Crippen LogP contribution in [0.15, 0.2) is 24.3 Å². The molecule has 0 unspecified atom stereocenters. The zero-order valence-electron chi connectivity index (χ0n) is 14.0. The average Bonchev–Trinajstić information content (AvgIpc) is 2.54. The third kappa shape index (κ3) is 6.93. The Bertz CT molecular complexity index is 524. The monoisotopic (exact) mass is 324 g/mol. The predicted octanol–water partition coefficient (Wildman–Crippen LogP) is 5.66. The number of halogens is 2. The summed E-state index contributed by atoms with van der Waals surface area (Å²) >= 11 is 0. The summed E-state index contributed by atoms with van der Waals surface area (Å²) in [5, 5.41) is 0. The lowest BCUT2D eigenvalue weighted by Gasteiger charge is -2.09. The van der Waals surface area contributed by atoms with Gasteiger partial charge < -0.3 is 4.74 Å². The van der Waals surface area contributed by atoms with Crippen LogP contribution in [0.2, 0.25) is 0 Å². The second kappa shape index (κ2) is 10.9. The van der Waals surface area contributed by atoms with E-state index in [1.54, 1.807) is 6.07 Å². The molecule has 0 saturated heterocycles. The topological polar surface area (TPSA) is 26.3 Å². The van der Waals surface area contributed by atoms with Crippen molar-refractivity contribution in [2.75, 3.05) is 6.61 Å². The van der Waals surface area contributed by atoms with Crippen LogP contribution >= 0.6 is 0 Å².